The molecule has 0 bridgehead atoms. The average molecular weight is 290 g/mol. The van der Waals surface area contributed by atoms with Crippen molar-refractivity contribution in [3.05, 3.63) is 23.8 Å². The van der Waals surface area contributed by atoms with Crippen LogP contribution >= 0.6 is 0 Å². The van der Waals surface area contributed by atoms with E-state index in [2.05, 4.69) is 36.9 Å². The fourth-order valence-corrected chi connectivity index (χ4v) is 2.93. The Balaban J connectivity index is 1.85. The maximum Gasteiger partial charge on any atom is 0.119 e. The number of piperidine rings is 1. The van der Waals surface area contributed by atoms with Crippen molar-refractivity contribution in [1.29, 1.82) is 0 Å². The summed E-state index contributed by atoms with van der Waals surface area (Å²) in [6, 6.07) is 6.86. The van der Waals surface area contributed by atoms with Crippen LogP contribution in [0, 0.1) is 6.92 Å². The maximum absolute atomic E-state index is 5.98. The van der Waals surface area contributed by atoms with Crippen LogP contribution in [0.2, 0.25) is 0 Å². The minimum Gasteiger partial charge on any atom is -0.494 e. The van der Waals surface area contributed by atoms with E-state index < -0.39 is 0 Å². The van der Waals surface area contributed by atoms with Crippen LogP contribution in [-0.4, -0.2) is 25.7 Å². The summed E-state index contributed by atoms with van der Waals surface area (Å²) in [5.74, 6) is 1.00. The largest absolute Gasteiger partial charge is 0.494 e. The number of benzene rings is 1. The highest BCUT2D eigenvalue weighted by Gasteiger charge is 2.17. The van der Waals surface area contributed by atoms with Crippen molar-refractivity contribution in [3.63, 3.8) is 0 Å². The van der Waals surface area contributed by atoms with Crippen molar-refractivity contribution in [2.75, 3.05) is 24.6 Å². The van der Waals surface area contributed by atoms with Gasteiger partial charge in [0.15, 0.2) is 0 Å². The molecule has 2 rings (SSSR count). The van der Waals surface area contributed by atoms with Crippen LogP contribution in [-0.2, 0) is 0 Å². The molecule has 118 valence electrons. The van der Waals surface area contributed by atoms with Crippen LogP contribution in [0.25, 0.3) is 0 Å². The van der Waals surface area contributed by atoms with Gasteiger partial charge in [-0.25, -0.2) is 0 Å². The van der Waals surface area contributed by atoms with Crippen LogP contribution in [0.5, 0.6) is 5.75 Å². The van der Waals surface area contributed by atoms with Gasteiger partial charge in [0.2, 0.25) is 0 Å². The van der Waals surface area contributed by atoms with Crippen molar-refractivity contribution in [1.82, 2.24) is 0 Å². The Kier molecular flexibility index (Phi) is 6.37. The molecule has 0 aromatic heterocycles. The van der Waals surface area contributed by atoms with Gasteiger partial charge < -0.3 is 15.4 Å². The number of unbranched alkanes of at least 4 members (excludes halogenated alkanes) is 3. The quantitative estimate of drug-likeness (QED) is 0.774. The lowest BCUT2D eigenvalue weighted by Crippen LogP contribution is -2.39. The lowest BCUT2D eigenvalue weighted by Gasteiger charge is -2.33. The van der Waals surface area contributed by atoms with Gasteiger partial charge in [-0.05, 0) is 49.9 Å². The molecule has 0 saturated carbocycles. The van der Waals surface area contributed by atoms with Gasteiger partial charge in [0.05, 0.1) is 6.61 Å². The fraction of sp³-hybridized carbons (Fsp3) is 0.667. The zero-order valence-electron chi connectivity index (χ0n) is 13.6. The third kappa shape index (κ3) is 4.92. The number of nitrogens with two attached hydrogens (primary N) is 1. The SMILES string of the molecule is CCCCCCOc1ccc(N2CCC(N)CC2)c(C)c1. The first-order valence-electron chi connectivity index (χ1n) is 8.44. The van der Waals surface area contributed by atoms with E-state index in [1.54, 1.807) is 0 Å². The van der Waals surface area contributed by atoms with E-state index in [1.807, 2.05) is 0 Å². The summed E-state index contributed by atoms with van der Waals surface area (Å²) in [7, 11) is 0. The number of nitrogens with zero attached hydrogens (tertiary/aromatic N) is 1. The molecule has 1 aromatic carbocycles. The van der Waals surface area contributed by atoms with E-state index in [0.717, 1.165) is 44.7 Å². The highest BCUT2D eigenvalue weighted by molar-refractivity contribution is 5.56. The molecule has 0 radical (unpaired) electrons. The first-order chi connectivity index (χ1) is 10.2. The molecule has 0 spiro atoms. The first-order valence-corrected chi connectivity index (χ1v) is 8.44. The van der Waals surface area contributed by atoms with Gasteiger partial charge in [-0.3, -0.25) is 0 Å². The van der Waals surface area contributed by atoms with Gasteiger partial charge in [-0.15, -0.1) is 0 Å². The summed E-state index contributed by atoms with van der Waals surface area (Å²) in [5, 5.41) is 0. The Morgan fingerprint density at radius 3 is 2.62 bits per heavy atom. The lowest BCUT2D eigenvalue weighted by molar-refractivity contribution is 0.305. The number of ether oxygens (including phenoxy) is 1. The summed E-state index contributed by atoms with van der Waals surface area (Å²) in [6.45, 7) is 7.38. The van der Waals surface area contributed by atoms with Crippen molar-refractivity contribution in [3.8, 4) is 5.75 Å². The van der Waals surface area contributed by atoms with Gasteiger partial charge in [0, 0.05) is 24.8 Å². The number of hydrogen-bond donors (Lipinski definition) is 1. The number of aryl methyl sites for hydroxylation is 1. The second kappa shape index (κ2) is 8.28. The Labute approximate surface area is 129 Å². The fourth-order valence-electron chi connectivity index (χ4n) is 2.93. The van der Waals surface area contributed by atoms with E-state index in [4.69, 9.17) is 10.5 Å². The third-order valence-corrected chi connectivity index (χ3v) is 4.32. The lowest BCUT2D eigenvalue weighted by atomic mass is 10.0. The molecule has 1 heterocycles. The highest BCUT2D eigenvalue weighted by atomic mass is 16.5. The number of rotatable bonds is 7. The molecule has 1 aromatic rings. The molecule has 3 nitrogen and oxygen atoms in total. The molecule has 3 heteroatoms. The highest BCUT2D eigenvalue weighted by Crippen LogP contribution is 2.27. The van der Waals surface area contributed by atoms with Crippen LogP contribution in [0.1, 0.15) is 51.0 Å². The number of anilines is 1. The van der Waals surface area contributed by atoms with E-state index in [1.165, 1.54) is 30.5 Å². The predicted octanol–water partition coefficient (Wildman–Crippen LogP) is 3.88. The van der Waals surface area contributed by atoms with Crippen molar-refractivity contribution < 1.29 is 4.74 Å². The Bertz CT molecular complexity index is 425. The average Bonchev–Trinajstić information content (AvgIpc) is 2.48. The molecule has 1 fully saturated rings. The zero-order chi connectivity index (χ0) is 15.1. The zero-order valence-corrected chi connectivity index (χ0v) is 13.6. The van der Waals surface area contributed by atoms with Gasteiger partial charge in [0.25, 0.3) is 0 Å². The van der Waals surface area contributed by atoms with Gasteiger partial charge in [-0.1, -0.05) is 26.2 Å². The Hall–Kier alpha value is -1.22. The van der Waals surface area contributed by atoms with E-state index in [-0.39, 0.29) is 0 Å². The van der Waals surface area contributed by atoms with E-state index >= 15 is 0 Å². The monoisotopic (exact) mass is 290 g/mol. The standard InChI is InChI=1S/C18H30N2O/c1-3-4-5-6-13-21-17-7-8-18(15(2)14-17)20-11-9-16(19)10-12-20/h7-8,14,16H,3-6,9-13,19H2,1-2H3. The van der Waals surface area contributed by atoms with Crippen LogP contribution in [0.4, 0.5) is 5.69 Å². The smallest absolute Gasteiger partial charge is 0.119 e. The molecule has 1 aliphatic heterocycles. The molecule has 21 heavy (non-hydrogen) atoms. The number of hydrogen-bond acceptors (Lipinski definition) is 3. The molecule has 0 amide bonds. The van der Waals surface area contributed by atoms with Crippen molar-refractivity contribution in [2.45, 2.75) is 58.4 Å². The molecular formula is C18H30N2O. The summed E-state index contributed by atoms with van der Waals surface area (Å²) in [4.78, 5) is 2.45. The predicted molar refractivity (Wildman–Crippen MR) is 90.2 cm³/mol. The third-order valence-electron chi connectivity index (χ3n) is 4.32. The van der Waals surface area contributed by atoms with Crippen LogP contribution in [0.15, 0.2) is 18.2 Å². The minimum absolute atomic E-state index is 0.382. The molecule has 0 atom stereocenters. The molecule has 1 aliphatic rings. The Morgan fingerprint density at radius 1 is 1.19 bits per heavy atom. The van der Waals surface area contributed by atoms with E-state index in [9.17, 15) is 0 Å². The topological polar surface area (TPSA) is 38.5 Å². The summed E-state index contributed by atoms with van der Waals surface area (Å²) >= 11 is 0. The summed E-state index contributed by atoms with van der Waals surface area (Å²) in [5.41, 5.74) is 8.62. The second-order valence-electron chi connectivity index (χ2n) is 6.18. The normalized spacial score (nSPS) is 16.2. The molecular weight excluding hydrogens is 260 g/mol. The second-order valence-corrected chi connectivity index (χ2v) is 6.18. The molecule has 2 N–H and O–H groups in total. The van der Waals surface area contributed by atoms with Gasteiger partial charge >= 0.3 is 0 Å². The molecule has 0 unspecified atom stereocenters. The van der Waals surface area contributed by atoms with E-state index in [0.29, 0.717) is 6.04 Å². The summed E-state index contributed by atoms with van der Waals surface area (Å²) < 4.78 is 5.85. The Morgan fingerprint density at radius 2 is 1.95 bits per heavy atom. The van der Waals surface area contributed by atoms with Crippen molar-refractivity contribution >= 4 is 5.69 Å². The van der Waals surface area contributed by atoms with Gasteiger partial charge in [0.1, 0.15) is 5.75 Å². The molecule has 1 saturated heterocycles. The maximum atomic E-state index is 5.98. The molecule has 0 aliphatic carbocycles. The minimum atomic E-state index is 0.382. The van der Waals surface area contributed by atoms with Gasteiger partial charge in [-0.2, -0.15) is 0 Å². The van der Waals surface area contributed by atoms with Crippen molar-refractivity contribution in [2.24, 2.45) is 5.73 Å². The first kappa shape index (κ1) is 16.2. The van der Waals surface area contributed by atoms with Crippen LogP contribution < -0.4 is 15.4 Å². The summed E-state index contributed by atoms with van der Waals surface area (Å²) in [6.07, 6.45) is 7.18. The van der Waals surface area contributed by atoms with Crippen LogP contribution in [0.3, 0.4) is 0 Å².